The quantitative estimate of drug-likeness (QED) is 0.0228. The first-order chi connectivity index (χ1) is 40.6. The maximum absolute atomic E-state index is 13.0. The molecule has 7 rings (SSSR count). The molecule has 1 fully saturated rings. The van der Waals surface area contributed by atoms with Crippen LogP contribution in [-0.2, 0) is 104 Å². The van der Waals surface area contributed by atoms with Crippen molar-refractivity contribution in [3.63, 3.8) is 0 Å². The highest BCUT2D eigenvalue weighted by Gasteiger charge is 2.47. The van der Waals surface area contributed by atoms with Crippen LogP contribution in [0, 0.1) is 0 Å². The molecular formula is C55H63N3O24S5-4. The molecule has 3 aliphatic heterocycles. The van der Waals surface area contributed by atoms with Crippen LogP contribution in [-0.4, -0.2) is 183 Å². The zero-order chi connectivity index (χ0) is 64.1. The summed E-state index contributed by atoms with van der Waals surface area (Å²) >= 11 is 0. The Morgan fingerprint density at radius 2 is 1.15 bits per heavy atom. The Morgan fingerprint density at radius 1 is 0.644 bits per heavy atom. The predicted molar refractivity (Wildman–Crippen MR) is 304 cm³/mol. The number of rotatable bonds is 31. The van der Waals surface area contributed by atoms with E-state index in [-0.39, 0.29) is 117 Å². The van der Waals surface area contributed by atoms with Crippen LogP contribution in [0.5, 0.6) is 0 Å². The molecule has 0 spiro atoms. The van der Waals surface area contributed by atoms with Crippen molar-refractivity contribution < 1.29 is 112 Å². The molecule has 0 saturated carbocycles. The van der Waals surface area contributed by atoms with Gasteiger partial charge >= 0.3 is 5.97 Å². The largest absolute Gasteiger partial charge is 0.748 e. The van der Waals surface area contributed by atoms with Crippen LogP contribution in [0.1, 0.15) is 77.3 Å². The van der Waals surface area contributed by atoms with Crippen molar-refractivity contribution in [3.05, 3.63) is 95.2 Å². The highest BCUT2D eigenvalue weighted by molar-refractivity contribution is 7.87. The minimum atomic E-state index is -5.47. The SMILES string of the molecule is COCCOCCOCCOCCOCCN1C(=CC=C(C)C=CC2=[N+](CCCC(=O)ON3C(=O)CCC3=O)c3ccc4c(S(=O)(=O)[O-])cc(S(=O)(=O)[O-])cc4c3C2(C)C)C(C)(CCCS(=O)(=O)[O-])c2c1ccc1c(S(=O)(=O)[O-])cc(S(=O)(=O)[O-])cc21. The van der Waals surface area contributed by atoms with Crippen molar-refractivity contribution in [1.82, 2.24) is 5.06 Å². The van der Waals surface area contributed by atoms with Crippen LogP contribution in [0.25, 0.3) is 21.5 Å². The maximum atomic E-state index is 13.0. The summed E-state index contributed by atoms with van der Waals surface area (Å²) in [6, 6.07) is 8.33. The van der Waals surface area contributed by atoms with Crippen LogP contribution >= 0.6 is 0 Å². The summed E-state index contributed by atoms with van der Waals surface area (Å²) in [5.74, 6) is -3.19. The number of hydrogen-bond acceptors (Lipinski definition) is 25. The molecule has 476 valence electrons. The van der Waals surface area contributed by atoms with Crippen LogP contribution in [0.15, 0.2) is 104 Å². The fourth-order valence-electron chi connectivity index (χ4n) is 10.9. The smallest absolute Gasteiger partial charge is 0.333 e. The monoisotopic (exact) mass is 1310 g/mol. The van der Waals surface area contributed by atoms with Gasteiger partial charge in [-0.15, -0.1) is 5.06 Å². The van der Waals surface area contributed by atoms with Crippen LogP contribution < -0.4 is 4.90 Å². The molecule has 1 unspecified atom stereocenters. The number of carbonyl (C=O) groups is 3. The van der Waals surface area contributed by atoms with Crippen molar-refractivity contribution in [2.75, 3.05) is 90.3 Å². The zero-order valence-corrected chi connectivity index (χ0v) is 51.9. The first-order valence-electron chi connectivity index (χ1n) is 27.0. The molecule has 27 nitrogen and oxygen atoms in total. The Labute approximate surface area is 503 Å². The average Bonchev–Trinajstić information content (AvgIpc) is 1.63. The number of hydroxylamine groups is 2. The zero-order valence-electron chi connectivity index (χ0n) is 47.8. The van der Waals surface area contributed by atoms with Crippen molar-refractivity contribution in [3.8, 4) is 0 Å². The molecule has 4 aromatic rings. The van der Waals surface area contributed by atoms with Crippen molar-refractivity contribution in [2.45, 2.75) is 96.6 Å². The predicted octanol–water partition coefficient (Wildman–Crippen LogP) is 3.58. The van der Waals surface area contributed by atoms with Crippen molar-refractivity contribution in [1.29, 1.82) is 0 Å². The maximum Gasteiger partial charge on any atom is 0.333 e. The molecular weight excluding hydrogens is 1250 g/mol. The average molecular weight is 1310 g/mol. The van der Waals surface area contributed by atoms with Gasteiger partial charge in [0.05, 0.1) is 101 Å². The molecule has 3 aliphatic rings. The molecule has 3 heterocycles. The lowest BCUT2D eigenvalue weighted by Gasteiger charge is -2.31. The van der Waals surface area contributed by atoms with E-state index < -0.39 is 105 Å². The third-order valence-electron chi connectivity index (χ3n) is 14.8. The molecule has 0 aromatic heterocycles. The number of fused-ring (bicyclic) bond motifs is 6. The molecule has 0 radical (unpaired) electrons. The lowest BCUT2D eigenvalue weighted by molar-refractivity contribution is -0.438. The number of ether oxygens (including phenoxy) is 5. The van der Waals surface area contributed by atoms with E-state index in [1.54, 1.807) is 68.6 Å². The highest BCUT2D eigenvalue weighted by Crippen LogP contribution is 2.54. The number of amides is 2. The summed E-state index contributed by atoms with van der Waals surface area (Å²) in [6.45, 7) is 8.93. The van der Waals surface area contributed by atoms with Gasteiger partial charge in [-0.1, -0.05) is 23.8 Å². The van der Waals surface area contributed by atoms with Crippen LogP contribution in [0.3, 0.4) is 0 Å². The van der Waals surface area contributed by atoms with E-state index in [0.717, 1.165) is 12.1 Å². The van der Waals surface area contributed by atoms with E-state index in [9.17, 15) is 79.2 Å². The first kappa shape index (κ1) is 68.5. The van der Waals surface area contributed by atoms with Gasteiger partial charge < -0.3 is 56.2 Å². The van der Waals surface area contributed by atoms with E-state index in [0.29, 0.717) is 72.0 Å². The van der Waals surface area contributed by atoms with E-state index in [1.807, 2.05) is 0 Å². The normalized spacial score (nSPS) is 18.1. The number of carbonyl (C=O) groups excluding carboxylic acids is 3. The molecule has 32 heteroatoms. The number of allylic oxidation sites excluding steroid dienone is 6. The second-order valence-corrected chi connectivity index (χ2v) is 28.1. The highest BCUT2D eigenvalue weighted by atomic mass is 32.2. The van der Waals surface area contributed by atoms with E-state index in [1.165, 1.54) is 24.3 Å². The molecule has 2 amide bonds. The van der Waals surface area contributed by atoms with Crippen molar-refractivity contribution in [2.24, 2.45) is 0 Å². The van der Waals surface area contributed by atoms with E-state index in [2.05, 4.69) is 0 Å². The van der Waals surface area contributed by atoms with Gasteiger partial charge in [-0.05, 0) is 105 Å². The Balaban J connectivity index is 1.31. The van der Waals surface area contributed by atoms with Gasteiger partial charge in [0.25, 0.3) is 11.8 Å². The fraction of sp³-hybridized carbons (Fsp3) is 0.455. The lowest BCUT2D eigenvalue weighted by atomic mass is 9.75. The summed E-state index contributed by atoms with van der Waals surface area (Å²) in [7, 11) is -24.9. The van der Waals surface area contributed by atoms with Gasteiger partial charge in [0.2, 0.25) is 5.69 Å². The summed E-state index contributed by atoms with van der Waals surface area (Å²) in [6.07, 6.45) is 5.44. The van der Waals surface area contributed by atoms with E-state index >= 15 is 0 Å². The number of benzene rings is 4. The fourth-order valence-corrected chi connectivity index (χ4v) is 14.0. The minimum Gasteiger partial charge on any atom is -0.748 e. The number of imide groups is 1. The molecule has 87 heavy (non-hydrogen) atoms. The summed E-state index contributed by atoms with van der Waals surface area (Å²) in [4.78, 5) is 40.2. The van der Waals surface area contributed by atoms with Gasteiger partial charge in [0, 0.05) is 78.6 Å². The Hall–Kier alpha value is -5.95. The number of anilines is 1. The molecule has 0 bridgehead atoms. The Bertz CT molecular complexity index is 4070. The molecule has 4 aromatic carbocycles. The number of hydrogen-bond donors (Lipinski definition) is 0. The molecule has 0 N–H and O–H groups in total. The number of nitrogens with zero attached hydrogens (tertiary/aromatic N) is 3. The van der Waals surface area contributed by atoms with E-state index in [4.69, 9.17) is 28.5 Å². The topological polar surface area (TPSA) is 402 Å². The third kappa shape index (κ3) is 16.3. The molecule has 0 aliphatic carbocycles. The van der Waals surface area contributed by atoms with Gasteiger partial charge in [-0.2, -0.15) is 4.58 Å². The third-order valence-corrected chi connectivity index (χ3v) is 19.0. The van der Waals surface area contributed by atoms with Crippen LogP contribution in [0.4, 0.5) is 11.4 Å². The second kappa shape index (κ2) is 27.4. The summed E-state index contributed by atoms with van der Waals surface area (Å²) in [5, 5.41) is -0.289. The van der Waals surface area contributed by atoms with Crippen LogP contribution in [0.2, 0.25) is 0 Å². The Kier molecular flexibility index (Phi) is 21.6. The first-order valence-corrected chi connectivity index (χ1v) is 34.2. The lowest BCUT2D eigenvalue weighted by Crippen LogP contribution is -2.32. The van der Waals surface area contributed by atoms with Gasteiger partial charge in [-0.25, -0.2) is 46.9 Å². The minimum absolute atomic E-state index is 0.00393. The van der Waals surface area contributed by atoms with Gasteiger partial charge in [0.15, 0.2) is 5.71 Å². The van der Waals surface area contributed by atoms with Gasteiger partial charge in [0.1, 0.15) is 47.0 Å². The molecule has 1 atom stereocenters. The number of methoxy groups -OCH3 is 1. The summed E-state index contributed by atoms with van der Waals surface area (Å²) < 4.78 is 217. The Morgan fingerprint density at radius 3 is 1.66 bits per heavy atom. The molecule has 1 saturated heterocycles. The van der Waals surface area contributed by atoms with Gasteiger partial charge in [-0.3, -0.25) is 9.59 Å². The summed E-state index contributed by atoms with van der Waals surface area (Å²) in [5.41, 5.74) is -0.377. The second-order valence-electron chi connectivity index (χ2n) is 21.2. The van der Waals surface area contributed by atoms with Crippen molar-refractivity contribution >= 4 is 107 Å². The standard InChI is InChI=1S/C55H67N3O24S5/c1-36(9-15-47-54(2,3)52-41-32-37(84(65,66)67)34-45(86(71,72)73)39(41)11-13-43(52)56(47)20-6-8-51(61)82-58-49(59)17-18-50(58)60)10-16-48-55(4,19-7-31-83(62,63)64)53-42-33-38(85(68,69)70)35-46(87(74,75)76)40(42)12-14-44(53)57(48)21-22-78-25-26-80-29-30-81-28-27-79-24-23-77-5/h9-16,32-35H,6-8,17-31H2,1-5H3,(H4-,62,63,64,65,66,67,68,69,70,71,72,73,74,75,76)/p-4.